The maximum Gasteiger partial charge on any atom is 0.311 e. The minimum absolute atomic E-state index is 0.0711. The third kappa shape index (κ3) is 2.24. The normalized spacial score (nSPS) is 24.0. The van der Waals surface area contributed by atoms with Crippen molar-refractivity contribution in [2.45, 2.75) is 45.3 Å². The van der Waals surface area contributed by atoms with Crippen molar-refractivity contribution < 1.29 is 19.2 Å². The maximum atomic E-state index is 13.3. The van der Waals surface area contributed by atoms with Crippen molar-refractivity contribution >= 4 is 5.69 Å². The van der Waals surface area contributed by atoms with Crippen molar-refractivity contribution in [1.82, 2.24) is 0 Å². The zero-order chi connectivity index (χ0) is 14.9. The molecule has 2 rings (SSSR count). The number of nitro benzene ring substituents is 1. The fourth-order valence-electron chi connectivity index (χ4n) is 2.95. The molecule has 1 aliphatic rings. The van der Waals surface area contributed by atoms with Gasteiger partial charge in [0.1, 0.15) is 11.9 Å². The van der Waals surface area contributed by atoms with E-state index >= 15 is 0 Å². The van der Waals surface area contributed by atoms with E-state index in [1.807, 2.05) is 13.8 Å². The van der Waals surface area contributed by atoms with Gasteiger partial charge in [-0.1, -0.05) is 13.8 Å². The summed E-state index contributed by atoms with van der Waals surface area (Å²) in [6, 6.07) is 3.16. The SMILES string of the molecule is CCC1(CC)C(O)CC1Oc1cc(F)ccc1[N+](=O)[O-]. The van der Waals surface area contributed by atoms with E-state index in [-0.39, 0.29) is 17.5 Å². The van der Waals surface area contributed by atoms with Gasteiger partial charge in [-0.25, -0.2) is 4.39 Å². The van der Waals surface area contributed by atoms with E-state index in [4.69, 9.17) is 4.74 Å². The number of nitrogens with zero attached hydrogens (tertiary/aromatic N) is 1. The lowest BCUT2D eigenvalue weighted by atomic mass is 9.60. The Morgan fingerprint density at radius 3 is 2.65 bits per heavy atom. The van der Waals surface area contributed by atoms with E-state index in [1.54, 1.807) is 0 Å². The molecule has 0 bridgehead atoms. The molecule has 1 aromatic carbocycles. The van der Waals surface area contributed by atoms with Crippen molar-refractivity contribution in [3.8, 4) is 5.75 Å². The summed E-state index contributed by atoms with van der Waals surface area (Å²) in [5, 5.41) is 20.9. The first-order valence-corrected chi connectivity index (χ1v) is 6.73. The van der Waals surface area contributed by atoms with Crippen LogP contribution in [0.4, 0.5) is 10.1 Å². The summed E-state index contributed by atoms with van der Waals surface area (Å²) >= 11 is 0. The minimum atomic E-state index is -0.594. The molecule has 6 heteroatoms. The van der Waals surface area contributed by atoms with Crippen molar-refractivity contribution in [3.05, 3.63) is 34.1 Å². The molecular formula is C14H18FNO4. The highest BCUT2D eigenvalue weighted by Gasteiger charge is 2.54. The fraction of sp³-hybridized carbons (Fsp3) is 0.571. The van der Waals surface area contributed by atoms with E-state index in [0.29, 0.717) is 19.3 Å². The summed E-state index contributed by atoms with van der Waals surface area (Å²) in [5.41, 5.74) is -0.658. The van der Waals surface area contributed by atoms with Crippen LogP contribution in [0.25, 0.3) is 0 Å². The van der Waals surface area contributed by atoms with E-state index in [1.165, 1.54) is 0 Å². The van der Waals surface area contributed by atoms with Gasteiger partial charge in [0.05, 0.1) is 11.0 Å². The Bertz CT molecular complexity index is 516. The molecule has 0 amide bonds. The molecular weight excluding hydrogens is 265 g/mol. The Kier molecular flexibility index (Phi) is 3.94. The van der Waals surface area contributed by atoms with Crippen LogP contribution in [0.2, 0.25) is 0 Å². The smallest absolute Gasteiger partial charge is 0.311 e. The number of hydrogen-bond acceptors (Lipinski definition) is 4. The van der Waals surface area contributed by atoms with Crippen LogP contribution in [-0.4, -0.2) is 22.2 Å². The molecule has 1 aromatic rings. The van der Waals surface area contributed by atoms with Gasteiger partial charge in [0, 0.05) is 24.0 Å². The largest absolute Gasteiger partial charge is 0.483 e. The Morgan fingerprint density at radius 1 is 1.50 bits per heavy atom. The topological polar surface area (TPSA) is 72.6 Å². The Morgan fingerprint density at radius 2 is 2.15 bits per heavy atom. The average Bonchev–Trinajstić information content (AvgIpc) is 2.39. The number of aliphatic hydroxyl groups is 1. The zero-order valence-electron chi connectivity index (χ0n) is 11.5. The zero-order valence-corrected chi connectivity index (χ0v) is 11.5. The van der Waals surface area contributed by atoms with Gasteiger partial charge in [-0.15, -0.1) is 0 Å². The molecule has 0 aromatic heterocycles. The quantitative estimate of drug-likeness (QED) is 0.666. The Hall–Kier alpha value is -1.69. The van der Waals surface area contributed by atoms with Crippen LogP contribution < -0.4 is 4.74 Å². The Labute approximate surface area is 116 Å². The number of rotatable bonds is 5. The third-order valence-corrected chi connectivity index (χ3v) is 4.45. The molecule has 0 aliphatic heterocycles. The van der Waals surface area contributed by atoms with Gasteiger partial charge >= 0.3 is 5.69 Å². The first-order valence-electron chi connectivity index (χ1n) is 6.73. The summed E-state index contributed by atoms with van der Waals surface area (Å²) in [4.78, 5) is 10.3. The molecule has 1 N–H and O–H groups in total. The first-order chi connectivity index (χ1) is 9.44. The molecule has 0 saturated heterocycles. The molecule has 5 nitrogen and oxygen atoms in total. The van der Waals surface area contributed by atoms with Crippen LogP contribution in [0.1, 0.15) is 33.1 Å². The van der Waals surface area contributed by atoms with Crippen LogP contribution in [0.5, 0.6) is 5.75 Å². The number of benzene rings is 1. The predicted octanol–water partition coefficient (Wildman–Crippen LogP) is 3.05. The monoisotopic (exact) mass is 283 g/mol. The summed E-state index contributed by atoms with van der Waals surface area (Å²) in [7, 11) is 0. The second-order valence-corrected chi connectivity index (χ2v) is 5.17. The van der Waals surface area contributed by atoms with Gasteiger partial charge < -0.3 is 9.84 Å². The lowest BCUT2D eigenvalue weighted by Crippen LogP contribution is -2.59. The molecule has 110 valence electrons. The minimum Gasteiger partial charge on any atom is -0.483 e. The predicted molar refractivity (Wildman–Crippen MR) is 71.1 cm³/mol. The highest BCUT2D eigenvalue weighted by molar-refractivity contribution is 5.46. The van der Waals surface area contributed by atoms with Crippen LogP contribution in [-0.2, 0) is 0 Å². The molecule has 2 atom stereocenters. The molecule has 0 heterocycles. The van der Waals surface area contributed by atoms with E-state index in [9.17, 15) is 19.6 Å². The summed E-state index contributed by atoms with van der Waals surface area (Å²) in [5.74, 6) is -0.651. The van der Waals surface area contributed by atoms with Gasteiger partial charge in [-0.2, -0.15) is 0 Å². The molecule has 1 aliphatic carbocycles. The summed E-state index contributed by atoms with van der Waals surface area (Å²) < 4.78 is 18.9. The number of nitro groups is 1. The van der Waals surface area contributed by atoms with Gasteiger partial charge in [0.25, 0.3) is 0 Å². The molecule has 1 saturated carbocycles. The standard InChI is InChI=1S/C14H18FNO4/c1-3-14(4-2)12(17)8-13(14)20-11-7-9(15)5-6-10(11)16(18)19/h5-7,12-13,17H,3-4,8H2,1-2H3. The van der Waals surface area contributed by atoms with Gasteiger partial charge in [0.15, 0.2) is 5.75 Å². The van der Waals surface area contributed by atoms with Gasteiger partial charge in [-0.3, -0.25) is 10.1 Å². The number of hydrogen-bond donors (Lipinski definition) is 1. The lowest BCUT2D eigenvalue weighted by molar-refractivity contribution is -0.386. The molecule has 20 heavy (non-hydrogen) atoms. The van der Waals surface area contributed by atoms with E-state index in [2.05, 4.69) is 0 Å². The molecule has 0 spiro atoms. The van der Waals surface area contributed by atoms with Crippen LogP contribution in [0, 0.1) is 21.3 Å². The van der Waals surface area contributed by atoms with Crippen molar-refractivity contribution in [1.29, 1.82) is 0 Å². The van der Waals surface area contributed by atoms with Crippen LogP contribution in [0.3, 0.4) is 0 Å². The maximum absolute atomic E-state index is 13.3. The second-order valence-electron chi connectivity index (χ2n) is 5.17. The van der Waals surface area contributed by atoms with Crippen LogP contribution in [0.15, 0.2) is 18.2 Å². The van der Waals surface area contributed by atoms with E-state index in [0.717, 1.165) is 18.2 Å². The summed E-state index contributed by atoms with van der Waals surface area (Å²) in [6.45, 7) is 3.89. The molecule has 2 unspecified atom stereocenters. The highest BCUT2D eigenvalue weighted by atomic mass is 19.1. The van der Waals surface area contributed by atoms with Gasteiger partial charge in [0.2, 0.25) is 0 Å². The third-order valence-electron chi connectivity index (χ3n) is 4.45. The van der Waals surface area contributed by atoms with E-state index < -0.39 is 22.3 Å². The fourth-order valence-corrected chi connectivity index (χ4v) is 2.95. The number of aliphatic hydroxyl groups excluding tert-OH is 1. The second kappa shape index (κ2) is 5.36. The van der Waals surface area contributed by atoms with Crippen molar-refractivity contribution in [3.63, 3.8) is 0 Å². The number of halogens is 1. The Balaban J connectivity index is 2.27. The first kappa shape index (κ1) is 14.7. The molecule has 1 fully saturated rings. The molecule has 0 radical (unpaired) electrons. The van der Waals surface area contributed by atoms with Crippen molar-refractivity contribution in [2.24, 2.45) is 5.41 Å². The van der Waals surface area contributed by atoms with Crippen molar-refractivity contribution in [2.75, 3.05) is 0 Å². The van der Waals surface area contributed by atoms with Crippen LogP contribution >= 0.6 is 0 Å². The lowest BCUT2D eigenvalue weighted by Gasteiger charge is -2.52. The van der Waals surface area contributed by atoms with Gasteiger partial charge in [-0.05, 0) is 18.9 Å². The average molecular weight is 283 g/mol. The highest BCUT2D eigenvalue weighted by Crippen LogP contribution is 2.49. The number of ether oxygens (including phenoxy) is 1. The summed E-state index contributed by atoms with van der Waals surface area (Å²) in [6.07, 6.45) is 1.02.